The molecule has 4 N–H and O–H groups in total. The van der Waals surface area contributed by atoms with Crippen LogP contribution in [-0.4, -0.2) is 35.5 Å². The van der Waals surface area contributed by atoms with E-state index in [-0.39, 0.29) is 11.9 Å². The van der Waals surface area contributed by atoms with E-state index in [0.29, 0.717) is 5.56 Å². The SMILES string of the molecule is O=C(NC(=O)C1Nc2ccccc2C1O)C1CCCN1. The van der Waals surface area contributed by atoms with E-state index in [4.69, 9.17) is 0 Å². The lowest BCUT2D eigenvalue weighted by Gasteiger charge is -2.16. The van der Waals surface area contributed by atoms with Gasteiger partial charge in [0.15, 0.2) is 0 Å². The summed E-state index contributed by atoms with van der Waals surface area (Å²) >= 11 is 0. The van der Waals surface area contributed by atoms with Crippen LogP contribution in [-0.2, 0) is 9.59 Å². The molecule has 20 heavy (non-hydrogen) atoms. The molecule has 3 atom stereocenters. The Kier molecular flexibility index (Phi) is 3.42. The number of aliphatic hydroxyl groups excluding tert-OH is 1. The molecule has 0 radical (unpaired) electrons. The van der Waals surface area contributed by atoms with Gasteiger partial charge in [0.05, 0.1) is 6.04 Å². The van der Waals surface area contributed by atoms with Gasteiger partial charge in [-0.05, 0) is 25.5 Å². The number of benzene rings is 1. The molecule has 2 amide bonds. The normalized spacial score (nSPS) is 27.8. The largest absolute Gasteiger partial charge is 0.386 e. The van der Waals surface area contributed by atoms with Crippen molar-refractivity contribution in [1.82, 2.24) is 10.6 Å². The minimum absolute atomic E-state index is 0.306. The van der Waals surface area contributed by atoms with E-state index in [2.05, 4.69) is 16.0 Å². The lowest BCUT2D eigenvalue weighted by atomic mass is 10.1. The lowest BCUT2D eigenvalue weighted by Crippen LogP contribution is -2.49. The molecule has 3 rings (SSSR count). The molecule has 3 unspecified atom stereocenters. The zero-order chi connectivity index (χ0) is 14.1. The van der Waals surface area contributed by atoms with Gasteiger partial charge in [-0.3, -0.25) is 14.9 Å². The Hall–Kier alpha value is -1.92. The summed E-state index contributed by atoms with van der Waals surface area (Å²) in [5.41, 5.74) is 1.41. The van der Waals surface area contributed by atoms with Gasteiger partial charge in [0.2, 0.25) is 5.91 Å². The van der Waals surface area contributed by atoms with Crippen LogP contribution in [0.1, 0.15) is 24.5 Å². The van der Waals surface area contributed by atoms with Crippen LogP contribution in [0.5, 0.6) is 0 Å². The predicted octanol–water partition coefficient (Wildman–Crippen LogP) is -0.0911. The molecule has 106 valence electrons. The molecule has 2 aliphatic rings. The van der Waals surface area contributed by atoms with Crippen LogP contribution in [0.3, 0.4) is 0 Å². The predicted molar refractivity (Wildman–Crippen MR) is 73.0 cm³/mol. The van der Waals surface area contributed by atoms with E-state index < -0.39 is 18.1 Å². The number of amides is 2. The molecule has 2 heterocycles. The highest BCUT2D eigenvalue weighted by molar-refractivity contribution is 6.02. The van der Waals surface area contributed by atoms with Crippen molar-refractivity contribution in [2.45, 2.75) is 31.0 Å². The second-order valence-electron chi connectivity index (χ2n) is 5.16. The van der Waals surface area contributed by atoms with Crippen molar-refractivity contribution in [3.05, 3.63) is 29.8 Å². The Labute approximate surface area is 116 Å². The second kappa shape index (κ2) is 5.22. The molecular weight excluding hydrogens is 258 g/mol. The smallest absolute Gasteiger partial charge is 0.252 e. The highest BCUT2D eigenvalue weighted by atomic mass is 16.3. The van der Waals surface area contributed by atoms with E-state index >= 15 is 0 Å². The number of para-hydroxylation sites is 1. The third-order valence-electron chi connectivity index (χ3n) is 3.81. The number of hydrogen-bond acceptors (Lipinski definition) is 5. The van der Waals surface area contributed by atoms with Crippen molar-refractivity contribution in [1.29, 1.82) is 0 Å². The Morgan fingerprint density at radius 1 is 1.25 bits per heavy atom. The maximum atomic E-state index is 12.1. The monoisotopic (exact) mass is 275 g/mol. The van der Waals surface area contributed by atoms with Gasteiger partial charge in [0, 0.05) is 11.3 Å². The summed E-state index contributed by atoms with van der Waals surface area (Å²) < 4.78 is 0. The van der Waals surface area contributed by atoms with Crippen molar-refractivity contribution in [3.8, 4) is 0 Å². The molecule has 0 aliphatic carbocycles. The quantitative estimate of drug-likeness (QED) is 0.566. The zero-order valence-electron chi connectivity index (χ0n) is 10.9. The minimum atomic E-state index is -0.935. The minimum Gasteiger partial charge on any atom is -0.386 e. The molecule has 0 saturated carbocycles. The number of fused-ring (bicyclic) bond motifs is 1. The first-order valence-corrected chi connectivity index (χ1v) is 6.78. The molecule has 6 nitrogen and oxygen atoms in total. The fraction of sp³-hybridized carbons (Fsp3) is 0.429. The van der Waals surface area contributed by atoms with Crippen LogP contribution in [0.2, 0.25) is 0 Å². The Balaban J connectivity index is 1.65. The number of aliphatic hydroxyl groups is 1. The third-order valence-corrected chi connectivity index (χ3v) is 3.81. The molecule has 0 bridgehead atoms. The number of hydrogen-bond donors (Lipinski definition) is 4. The number of rotatable bonds is 2. The van der Waals surface area contributed by atoms with E-state index in [0.717, 1.165) is 25.1 Å². The van der Waals surface area contributed by atoms with Gasteiger partial charge in [-0.1, -0.05) is 18.2 Å². The summed E-state index contributed by atoms with van der Waals surface area (Å²) in [4.78, 5) is 24.0. The topological polar surface area (TPSA) is 90.5 Å². The number of nitrogens with one attached hydrogen (secondary N) is 3. The van der Waals surface area contributed by atoms with Crippen LogP contribution in [0, 0.1) is 0 Å². The van der Waals surface area contributed by atoms with Gasteiger partial charge < -0.3 is 15.7 Å². The van der Waals surface area contributed by atoms with Crippen LogP contribution in [0.25, 0.3) is 0 Å². The molecule has 1 aromatic carbocycles. The highest BCUT2D eigenvalue weighted by Crippen LogP contribution is 2.33. The van der Waals surface area contributed by atoms with Gasteiger partial charge in [-0.25, -0.2) is 0 Å². The van der Waals surface area contributed by atoms with Crippen molar-refractivity contribution in [2.24, 2.45) is 0 Å². The maximum absolute atomic E-state index is 12.1. The highest BCUT2D eigenvalue weighted by Gasteiger charge is 2.37. The Morgan fingerprint density at radius 3 is 2.75 bits per heavy atom. The third kappa shape index (κ3) is 2.28. The van der Waals surface area contributed by atoms with Gasteiger partial charge in [0.1, 0.15) is 12.1 Å². The van der Waals surface area contributed by atoms with Crippen molar-refractivity contribution >= 4 is 17.5 Å². The summed E-state index contributed by atoms with van der Waals surface area (Å²) in [7, 11) is 0. The molecule has 1 fully saturated rings. The van der Waals surface area contributed by atoms with Crippen LogP contribution in [0.15, 0.2) is 24.3 Å². The van der Waals surface area contributed by atoms with E-state index in [1.807, 2.05) is 6.07 Å². The average Bonchev–Trinajstić information content (AvgIpc) is 3.07. The van der Waals surface area contributed by atoms with Crippen LogP contribution >= 0.6 is 0 Å². The first-order chi connectivity index (χ1) is 9.66. The van der Waals surface area contributed by atoms with Crippen molar-refractivity contribution < 1.29 is 14.7 Å². The molecule has 0 aromatic heterocycles. The van der Waals surface area contributed by atoms with E-state index in [1.54, 1.807) is 18.2 Å². The second-order valence-corrected chi connectivity index (χ2v) is 5.16. The Bertz CT molecular complexity index is 540. The van der Waals surface area contributed by atoms with Crippen LogP contribution < -0.4 is 16.0 Å². The van der Waals surface area contributed by atoms with Gasteiger partial charge in [-0.2, -0.15) is 0 Å². The first kappa shape index (κ1) is 13.1. The van der Waals surface area contributed by atoms with Gasteiger partial charge >= 0.3 is 0 Å². The first-order valence-electron chi connectivity index (χ1n) is 6.78. The zero-order valence-corrected chi connectivity index (χ0v) is 10.9. The molecule has 0 spiro atoms. The summed E-state index contributed by atoms with van der Waals surface area (Å²) in [5.74, 6) is -0.815. The van der Waals surface area contributed by atoms with Gasteiger partial charge in [0.25, 0.3) is 5.91 Å². The Morgan fingerprint density at radius 2 is 2.05 bits per heavy atom. The van der Waals surface area contributed by atoms with Crippen LogP contribution in [0.4, 0.5) is 5.69 Å². The number of carbonyl (C=O) groups excluding carboxylic acids is 2. The number of carbonyl (C=O) groups is 2. The van der Waals surface area contributed by atoms with Crippen molar-refractivity contribution in [2.75, 3.05) is 11.9 Å². The molecule has 1 saturated heterocycles. The molecule has 6 heteroatoms. The molecule has 1 aromatic rings. The van der Waals surface area contributed by atoms with Gasteiger partial charge in [-0.15, -0.1) is 0 Å². The maximum Gasteiger partial charge on any atom is 0.252 e. The number of imide groups is 1. The fourth-order valence-electron chi connectivity index (χ4n) is 2.72. The van der Waals surface area contributed by atoms with Crippen molar-refractivity contribution in [3.63, 3.8) is 0 Å². The number of anilines is 1. The average molecular weight is 275 g/mol. The standard InChI is InChI=1S/C14H17N3O3/c18-12-8-4-1-2-5-9(8)16-11(12)14(20)17-13(19)10-6-3-7-15-10/h1-2,4-5,10-12,15-16,18H,3,6-7H2,(H,17,19,20). The summed E-state index contributed by atoms with van der Waals surface area (Å²) in [6.07, 6.45) is 0.734. The summed E-state index contributed by atoms with van der Waals surface area (Å²) in [6, 6.07) is 6.06. The summed E-state index contributed by atoms with van der Waals surface area (Å²) in [5, 5.41) is 18.5. The van der Waals surface area contributed by atoms with E-state index in [1.165, 1.54) is 0 Å². The van der Waals surface area contributed by atoms with E-state index in [9.17, 15) is 14.7 Å². The fourth-order valence-corrected chi connectivity index (χ4v) is 2.72. The summed E-state index contributed by atoms with van der Waals surface area (Å²) in [6.45, 7) is 0.794. The molecular formula is C14H17N3O3. The molecule has 2 aliphatic heterocycles. The lowest BCUT2D eigenvalue weighted by molar-refractivity contribution is -0.132.